The minimum absolute atomic E-state index is 0.00154. The molecule has 0 radical (unpaired) electrons. The molecule has 9 heteroatoms. The number of rotatable bonds is 5. The fourth-order valence-electron chi connectivity index (χ4n) is 2.91. The second-order valence-electron chi connectivity index (χ2n) is 6.60. The van der Waals surface area contributed by atoms with E-state index in [2.05, 4.69) is 27.7 Å². The minimum Gasteiger partial charge on any atom is -0.504 e. The van der Waals surface area contributed by atoms with E-state index in [1.54, 1.807) is 13.0 Å². The van der Waals surface area contributed by atoms with Crippen molar-refractivity contribution >= 4 is 33.4 Å². The van der Waals surface area contributed by atoms with Gasteiger partial charge in [-0.05, 0) is 61.8 Å². The van der Waals surface area contributed by atoms with E-state index in [-0.39, 0.29) is 28.8 Å². The number of alkyl halides is 1. The Morgan fingerprint density at radius 2 is 2.00 bits per heavy atom. The quantitative estimate of drug-likeness (QED) is 0.206. The Kier molecular flexibility index (Phi) is 11.2. The van der Waals surface area contributed by atoms with Crippen molar-refractivity contribution in [1.82, 2.24) is 10.2 Å². The van der Waals surface area contributed by atoms with Gasteiger partial charge in [0.2, 0.25) is 0 Å². The molecule has 0 spiro atoms. The van der Waals surface area contributed by atoms with Crippen LogP contribution in [0.5, 0.6) is 11.5 Å². The van der Waals surface area contributed by atoms with Crippen LogP contribution in [-0.2, 0) is 13.1 Å². The van der Waals surface area contributed by atoms with Gasteiger partial charge in [-0.1, -0.05) is 40.0 Å². The third-order valence-corrected chi connectivity index (χ3v) is 5.23. The van der Waals surface area contributed by atoms with Crippen LogP contribution in [0.15, 0.2) is 24.3 Å². The zero-order chi connectivity index (χ0) is 23.6. The Hall–Kier alpha value is -2.47. The number of aliphatic hydroxyl groups is 1. The maximum Gasteiger partial charge on any atom is 0.258 e. The van der Waals surface area contributed by atoms with E-state index in [9.17, 15) is 19.4 Å². The second-order valence-corrected chi connectivity index (χ2v) is 7.80. The van der Waals surface area contributed by atoms with E-state index in [1.165, 1.54) is 35.6 Å². The molecule has 1 aliphatic heterocycles. The number of carbonyl (C=O) groups excluding carboxylic acids is 1. The zero-order valence-electron chi connectivity index (χ0n) is 17.3. The Morgan fingerprint density at radius 3 is 2.52 bits per heavy atom. The van der Waals surface area contributed by atoms with Gasteiger partial charge in [-0.15, -0.1) is 0 Å². The number of hydrogen-bond donors (Lipinski definition) is 4. The molecule has 0 atom stereocenters. The summed E-state index contributed by atoms with van der Waals surface area (Å²) in [5, 5.41) is 30.8. The Labute approximate surface area is 194 Å². The number of aliphatic hydroxyl groups excluding tert-OH is 1. The van der Waals surface area contributed by atoms with E-state index < -0.39 is 11.6 Å². The van der Waals surface area contributed by atoms with Crippen LogP contribution in [0.4, 0.5) is 4.39 Å². The summed E-state index contributed by atoms with van der Waals surface area (Å²) in [6.45, 7) is 3.45. The predicted molar refractivity (Wildman–Crippen MR) is 123 cm³/mol. The average Bonchev–Trinajstić information content (AvgIpc) is 3.05. The van der Waals surface area contributed by atoms with Crippen molar-refractivity contribution in [3.63, 3.8) is 0 Å². The molecule has 0 aliphatic carbocycles. The molecule has 0 unspecified atom stereocenters. The van der Waals surface area contributed by atoms with Gasteiger partial charge in [-0.25, -0.2) is 4.39 Å². The molecule has 1 heterocycles. The van der Waals surface area contributed by atoms with Gasteiger partial charge in [0.25, 0.3) is 5.91 Å². The number of aryl methyl sites for hydroxylation is 1. The summed E-state index contributed by atoms with van der Waals surface area (Å²) in [4.78, 5) is 13.9. The van der Waals surface area contributed by atoms with Crippen LogP contribution in [0.3, 0.4) is 0 Å². The van der Waals surface area contributed by atoms with Crippen LogP contribution in [0.1, 0.15) is 33.5 Å². The molecule has 6 nitrogen and oxygen atoms in total. The first-order chi connectivity index (χ1) is 14.7. The summed E-state index contributed by atoms with van der Waals surface area (Å²) in [6, 6.07) is 5.71. The lowest BCUT2D eigenvalue weighted by Crippen LogP contribution is -2.23. The Balaban J connectivity index is 0.000000455. The van der Waals surface area contributed by atoms with Gasteiger partial charge in [-0.2, -0.15) is 0 Å². The highest BCUT2D eigenvalue weighted by Crippen LogP contribution is 2.39. The average molecular weight is 516 g/mol. The highest BCUT2D eigenvalue weighted by Gasteiger charge is 2.33. The SMILES string of the molecule is C#CO.CNCCCBr.Cc1cc(O)c(O)c2c1CN(Cc1ccc(F)c(Cl)c1)C2=O. The predicted octanol–water partition coefficient (Wildman–Crippen LogP) is 4.30. The van der Waals surface area contributed by atoms with Crippen LogP contribution in [0.25, 0.3) is 0 Å². The van der Waals surface area contributed by atoms with E-state index in [4.69, 9.17) is 16.7 Å². The number of amides is 1. The lowest BCUT2D eigenvalue weighted by atomic mass is 10.0. The first-order valence-corrected chi connectivity index (χ1v) is 10.8. The fraction of sp³-hybridized carbons (Fsp3) is 0.318. The monoisotopic (exact) mass is 514 g/mol. The molecule has 2 aromatic rings. The molecular weight excluding hydrogens is 491 g/mol. The second kappa shape index (κ2) is 13.1. The highest BCUT2D eigenvalue weighted by atomic mass is 79.9. The maximum absolute atomic E-state index is 13.2. The van der Waals surface area contributed by atoms with Crippen LogP contribution >= 0.6 is 27.5 Å². The fourth-order valence-corrected chi connectivity index (χ4v) is 3.40. The highest BCUT2D eigenvalue weighted by molar-refractivity contribution is 9.09. The topological polar surface area (TPSA) is 93.0 Å². The summed E-state index contributed by atoms with van der Waals surface area (Å²) < 4.78 is 13.2. The number of nitrogens with one attached hydrogen (secondary N) is 1. The summed E-state index contributed by atoms with van der Waals surface area (Å²) in [5.41, 5.74) is 2.24. The number of phenolic OH excluding ortho intramolecular Hbond substituents is 2. The van der Waals surface area contributed by atoms with Crippen LogP contribution < -0.4 is 5.32 Å². The lowest BCUT2D eigenvalue weighted by molar-refractivity contribution is 0.0764. The normalized spacial score (nSPS) is 11.6. The van der Waals surface area contributed by atoms with Crippen molar-refractivity contribution in [3.05, 3.63) is 57.4 Å². The number of hydrogen-bond acceptors (Lipinski definition) is 5. The Morgan fingerprint density at radius 1 is 1.35 bits per heavy atom. The number of terminal acetylenes is 1. The summed E-state index contributed by atoms with van der Waals surface area (Å²) in [7, 11) is 1.96. The smallest absolute Gasteiger partial charge is 0.258 e. The van der Waals surface area contributed by atoms with Gasteiger partial charge in [0.05, 0.1) is 10.6 Å². The van der Waals surface area contributed by atoms with E-state index in [0.717, 1.165) is 17.4 Å². The van der Waals surface area contributed by atoms with Gasteiger partial charge in [0.15, 0.2) is 11.5 Å². The molecule has 1 amide bonds. The van der Waals surface area contributed by atoms with Gasteiger partial charge >= 0.3 is 0 Å². The van der Waals surface area contributed by atoms with Gasteiger partial charge in [0.1, 0.15) is 11.9 Å². The van der Waals surface area contributed by atoms with Crippen LogP contribution in [0, 0.1) is 25.3 Å². The zero-order valence-corrected chi connectivity index (χ0v) is 19.6. The summed E-state index contributed by atoms with van der Waals surface area (Å²) in [6.07, 6.45) is 6.62. The van der Waals surface area contributed by atoms with Crippen molar-refractivity contribution in [1.29, 1.82) is 0 Å². The van der Waals surface area contributed by atoms with Crippen LogP contribution in [0.2, 0.25) is 5.02 Å². The molecule has 0 bridgehead atoms. The lowest BCUT2D eigenvalue weighted by Gasteiger charge is -2.16. The molecular formula is C22H25BrClFN2O4. The number of benzene rings is 2. The summed E-state index contributed by atoms with van der Waals surface area (Å²) in [5.74, 6) is -1.59. The molecule has 31 heavy (non-hydrogen) atoms. The summed E-state index contributed by atoms with van der Waals surface area (Å²) >= 11 is 9.05. The van der Waals surface area contributed by atoms with E-state index in [1.807, 2.05) is 7.05 Å². The largest absolute Gasteiger partial charge is 0.504 e. The number of carbonyl (C=O) groups is 1. The molecule has 0 saturated heterocycles. The number of aromatic hydroxyl groups is 2. The molecule has 3 rings (SSSR count). The van der Waals surface area contributed by atoms with Crippen molar-refractivity contribution in [2.75, 3.05) is 18.9 Å². The molecule has 1 aliphatic rings. The standard InChI is InChI=1S/C16H13ClFNO3.C4H10BrN.C2H2O/c1-8-4-13(20)15(21)14-10(8)7-19(16(14)22)6-9-2-3-12(18)11(17)5-9;1-6-4-2-3-5;1-2-3/h2-5,20-21H,6-7H2,1H3;6H,2-4H2,1H3;1,3H. The first kappa shape index (κ1) is 26.6. The first-order valence-electron chi connectivity index (χ1n) is 9.29. The number of phenols is 2. The van der Waals surface area contributed by atoms with Crippen molar-refractivity contribution in [3.8, 4) is 24.0 Å². The molecule has 0 fully saturated rings. The Bertz CT molecular complexity index is 946. The minimum atomic E-state index is -0.514. The van der Waals surface area contributed by atoms with Gasteiger partial charge in [-0.3, -0.25) is 4.79 Å². The van der Waals surface area contributed by atoms with Crippen LogP contribution in [-0.4, -0.2) is 45.0 Å². The van der Waals surface area contributed by atoms with Gasteiger partial charge < -0.3 is 25.5 Å². The van der Waals surface area contributed by atoms with Gasteiger partial charge in [0, 0.05) is 18.4 Å². The third kappa shape index (κ3) is 7.31. The molecule has 2 aromatic carbocycles. The molecule has 4 N–H and O–H groups in total. The van der Waals surface area contributed by atoms with E-state index >= 15 is 0 Å². The number of halogens is 3. The molecule has 0 aromatic heterocycles. The van der Waals surface area contributed by atoms with E-state index in [0.29, 0.717) is 17.7 Å². The molecule has 168 valence electrons. The third-order valence-electron chi connectivity index (χ3n) is 4.38. The molecule has 0 saturated carbocycles. The van der Waals surface area contributed by atoms with Crippen molar-refractivity contribution in [2.24, 2.45) is 0 Å². The van der Waals surface area contributed by atoms with Crippen molar-refractivity contribution in [2.45, 2.75) is 26.4 Å². The maximum atomic E-state index is 13.2. The number of fused-ring (bicyclic) bond motifs is 1. The van der Waals surface area contributed by atoms with Crippen molar-refractivity contribution < 1.29 is 24.5 Å². The number of nitrogens with zero attached hydrogens (tertiary/aromatic N) is 1.